The topological polar surface area (TPSA) is 76.4 Å². The largest absolute Gasteiger partial charge is 0.486 e. The van der Waals surface area contributed by atoms with Crippen LogP contribution in [0.2, 0.25) is 0 Å². The highest BCUT2D eigenvalue weighted by molar-refractivity contribution is 5.61. The molecule has 0 radical (unpaired) electrons. The van der Waals surface area contributed by atoms with Crippen molar-refractivity contribution >= 4 is 11.5 Å². The highest BCUT2D eigenvalue weighted by atomic mass is 19.3. The van der Waals surface area contributed by atoms with Crippen molar-refractivity contribution in [1.82, 2.24) is 24.9 Å². The summed E-state index contributed by atoms with van der Waals surface area (Å²) < 4.78 is 31.1. The van der Waals surface area contributed by atoms with Crippen LogP contribution in [0, 0.1) is 0 Å². The van der Waals surface area contributed by atoms with Gasteiger partial charge >= 0.3 is 0 Å². The lowest BCUT2D eigenvalue weighted by molar-refractivity contribution is 0.0817. The Morgan fingerprint density at radius 1 is 1.32 bits per heavy atom. The summed E-state index contributed by atoms with van der Waals surface area (Å²) in [5.41, 5.74) is 1.95. The summed E-state index contributed by atoms with van der Waals surface area (Å²) in [5.74, 6) is 1.05. The number of pyridine rings is 1. The second-order valence-corrected chi connectivity index (χ2v) is 6.05. The molecular formula is C19H24F2N6O. The maximum absolute atomic E-state index is 12.3. The van der Waals surface area contributed by atoms with E-state index in [1.54, 1.807) is 16.8 Å². The Morgan fingerprint density at radius 3 is 2.93 bits per heavy atom. The summed E-state index contributed by atoms with van der Waals surface area (Å²) in [6.07, 6.45) is 1.58. The molecule has 4 heterocycles. The van der Waals surface area contributed by atoms with Crippen LogP contribution < -0.4 is 15.4 Å². The summed E-state index contributed by atoms with van der Waals surface area (Å²) in [6.45, 7) is 5.26. The number of nitrogens with one attached hydrogen (secondary N) is 2. The lowest BCUT2D eigenvalue weighted by Gasteiger charge is -2.12. The van der Waals surface area contributed by atoms with Gasteiger partial charge in [0.25, 0.3) is 6.43 Å². The average Bonchev–Trinajstić information content (AvgIpc) is 3.37. The molecule has 0 aliphatic carbocycles. The molecule has 0 bridgehead atoms. The molecule has 0 spiro atoms. The summed E-state index contributed by atoms with van der Waals surface area (Å²) in [7, 11) is 0. The fraction of sp³-hybridized carbons (Fsp3) is 0.421. The van der Waals surface area contributed by atoms with E-state index < -0.39 is 13.0 Å². The van der Waals surface area contributed by atoms with Crippen molar-refractivity contribution in [2.24, 2.45) is 0 Å². The van der Waals surface area contributed by atoms with E-state index in [9.17, 15) is 8.78 Å². The minimum Gasteiger partial charge on any atom is -0.486 e. The van der Waals surface area contributed by atoms with Crippen LogP contribution in [0.5, 0.6) is 5.75 Å². The SMILES string of the molecule is CC.FC(F)COc1cnn2c(-c3cccc(NC4CCNC4)n3)cnc2c1. The molecule has 3 aromatic rings. The first-order valence-electron chi connectivity index (χ1n) is 9.38. The van der Waals surface area contributed by atoms with E-state index in [4.69, 9.17) is 4.74 Å². The normalized spacial score (nSPS) is 16.1. The Hall–Kier alpha value is -2.81. The molecule has 0 amide bonds. The van der Waals surface area contributed by atoms with Crippen LogP contribution in [0.1, 0.15) is 20.3 Å². The third-order valence-corrected chi connectivity index (χ3v) is 4.14. The summed E-state index contributed by atoms with van der Waals surface area (Å²) in [5, 5.41) is 11.0. The number of rotatable bonds is 6. The molecule has 3 aromatic heterocycles. The van der Waals surface area contributed by atoms with Crippen LogP contribution >= 0.6 is 0 Å². The standard InChI is InChI=1S/C17H18F2N6O.C2H6/c18-15(19)10-26-12-6-17-21-9-14(25(17)22-8-12)13-2-1-3-16(24-13)23-11-4-5-20-7-11;1-2/h1-3,6,8-9,11,15,20H,4-5,7,10H2,(H,23,24);1-2H3. The van der Waals surface area contributed by atoms with Crippen molar-refractivity contribution < 1.29 is 13.5 Å². The van der Waals surface area contributed by atoms with Gasteiger partial charge in [-0.2, -0.15) is 5.10 Å². The molecule has 0 saturated carbocycles. The van der Waals surface area contributed by atoms with E-state index in [1.807, 2.05) is 32.0 Å². The number of halogens is 2. The Balaban J connectivity index is 0.00000109. The fourth-order valence-corrected chi connectivity index (χ4v) is 2.92. The molecule has 9 heteroatoms. The molecule has 0 aromatic carbocycles. The second kappa shape index (κ2) is 9.41. The maximum atomic E-state index is 12.3. The van der Waals surface area contributed by atoms with E-state index in [1.165, 1.54) is 6.20 Å². The molecule has 1 saturated heterocycles. The quantitative estimate of drug-likeness (QED) is 0.673. The van der Waals surface area contributed by atoms with E-state index in [0.29, 0.717) is 17.4 Å². The first-order chi connectivity index (χ1) is 13.7. The van der Waals surface area contributed by atoms with Crippen LogP contribution in [-0.4, -0.2) is 51.7 Å². The molecular weight excluding hydrogens is 366 g/mol. The molecule has 4 rings (SSSR count). The van der Waals surface area contributed by atoms with Gasteiger partial charge in [0.1, 0.15) is 23.9 Å². The van der Waals surface area contributed by atoms with Gasteiger partial charge in [-0.15, -0.1) is 0 Å². The van der Waals surface area contributed by atoms with Crippen LogP contribution in [0.3, 0.4) is 0 Å². The minimum absolute atomic E-state index is 0.257. The van der Waals surface area contributed by atoms with Gasteiger partial charge in [-0.25, -0.2) is 23.3 Å². The molecule has 1 atom stereocenters. The lowest BCUT2D eigenvalue weighted by atomic mass is 10.2. The van der Waals surface area contributed by atoms with Gasteiger partial charge in [-0.1, -0.05) is 19.9 Å². The minimum atomic E-state index is -2.53. The summed E-state index contributed by atoms with van der Waals surface area (Å²) in [4.78, 5) is 8.92. The van der Waals surface area contributed by atoms with Gasteiger partial charge in [-0.3, -0.25) is 0 Å². The van der Waals surface area contributed by atoms with Crippen LogP contribution in [0.4, 0.5) is 14.6 Å². The van der Waals surface area contributed by atoms with Crippen LogP contribution in [-0.2, 0) is 0 Å². The van der Waals surface area contributed by atoms with E-state index in [-0.39, 0.29) is 5.75 Å². The monoisotopic (exact) mass is 390 g/mol. The Labute approximate surface area is 162 Å². The number of fused-ring (bicyclic) bond motifs is 1. The van der Waals surface area contributed by atoms with Crippen LogP contribution in [0.25, 0.3) is 17.0 Å². The zero-order valence-electron chi connectivity index (χ0n) is 15.9. The molecule has 28 heavy (non-hydrogen) atoms. The highest BCUT2D eigenvalue weighted by Gasteiger charge is 2.15. The van der Waals surface area contributed by atoms with Crippen molar-refractivity contribution in [3.05, 3.63) is 36.7 Å². The van der Waals surface area contributed by atoms with Crippen molar-refractivity contribution in [3.8, 4) is 17.1 Å². The fourth-order valence-electron chi connectivity index (χ4n) is 2.92. The first kappa shape index (κ1) is 19.9. The second-order valence-electron chi connectivity index (χ2n) is 6.05. The molecule has 7 nitrogen and oxygen atoms in total. The maximum Gasteiger partial charge on any atom is 0.272 e. The molecule has 1 aliphatic rings. The zero-order valence-corrected chi connectivity index (χ0v) is 15.9. The molecule has 1 aliphatic heterocycles. The summed E-state index contributed by atoms with van der Waals surface area (Å²) in [6, 6.07) is 7.67. The van der Waals surface area contributed by atoms with Gasteiger partial charge < -0.3 is 15.4 Å². The van der Waals surface area contributed by atoms with E-state index >= 15 is 0 Å². The van der Waals surface area contributed by atoms with Gasteiger partial charge in [0.2, 0.25) is 0 Å². The highest BCUT2D eigenvalue weighted by Crippen LogP contribution is 2.22. The van der Waals surface area contributed by atoms with Crippen LogP contribution in [0.15, 0.2) is 36.7 Å². The third-order valence-electron chi connectivity index (χ3n) is 4.14. The Bertz CT molecular complexity index is 895. The number of hydrogen-bond acceptors (Lipinski definition) is 6. The predicted octanol–water partition coefficient (Wildman–Crippen LogP) is 3.24. The van der Waals surface area contributed by atoms with Gasteiger partial charge in [0.15, 0.2) is 5.65 Å². The number of aromatic nitrogens is 4. The average molecular weight is 390 g/mol. The number of ether oxygens (including phenoxy) is 1. The number of imidazole rings is 1. The van der Waals surface area contributed by atoms with Crippen molar-refractivity contribution in [1.29, 1.82) is 0 Å². The van der Waals surface area contributed by atoms with Gasteiger partial charge in [-0.05, 0) is 25.1 Å². The summed E-state index contributed by atoms with van der Waals surface area (Å²) >= 11 is 0. The smallest absolute Gasteiger partial charge is 0.272 e. The third kappa shape index (κ3) is 4.72. The van der Waals surface area contributed by atoms with E-state index in [0.717, 1.165) is 31.0 Å². The Kier molecular flexibility index (Phi) is 6.70. The predicted molar refractivity (Wildman–Crippen MR) is 104 cm³/mol. The Morgan fingerprint density at radius 2 is 2.18 bits per heavy atom. The number of nitrogens with zero attached hydrogens (tertiary/aromatic N) is 4. The lowest BCUT2D eigenvalue weighted by Crippen LogP contribution is -2.22. The van der Waals surface area contributed by atoms with Crippen molar-refractivity contribution in [2.45, 2.75) is 32.7 Å². The van der Waals surface area contributed by atoms with Crippen molar-refractivity contribution in [3.63, 3.8) is 0 Å². The van der Waals surface area contributed by atoms with E-state index in [2.05, 4.69) is 25.7 Å². The number of alkyl halides is 2. The first-order valence-corrected chi connectivity index (χ1v) is 9.38. The van der Waals surface area contributed by atoms with Gasteiger partial charge in [0.05, 0.1) is 18.1 Å². The molecule has 1 unspecified atom stereocenters. The number of hydrogen-bond donors (Lipinski definition) is 2. The van der Waals surface area contributed by atoms with Gasteiger partial charge in [0, 0.05) is 18.7 Å². The number of anilines is 1. The van der Waals surface area contributed by atoms with Crippen molar-refractivity contribution in [2.75, 3.05) is 25.0 Å². The zero-order chi connectivity index (χ0) is 19.9. The molecule has 2 N–H and O–H groups in total. The molecule has 150 valence electrons. The molecule has 1 fully saturated rings.